The maximum atomic E-state index is 13.4. The zero-order chi connectivity index (χ0) is 20.4. The van der Waals surface area contributed by atoms with Crippen molar-refractivity contribution in [2.75, 3.05) is 5.32 Å². The Bertz CT molecular complexity index is 1230. The Morgan fingerprint density at radius 1 is 0.931 bits per heavy atom. The highest BCUT2D eigenvalue weighted by Gasteiger charge is 2.25. The molecule has 0 unspecified atom stereocenters. The lowest BCUT2D eigenvalue weighted by molar-refractivity contribution is -0.385. The van der Waals surface area contributed by atoms with Gasteiger partial charge in [0.25, 0.3) is 0 Å². The third-order valence-electron chi connectivity index (χ3n) is 4.09. The third kappa shape index (κ3) is 3.79. The van der Waals surface area contributed by atoms with Gasteiger partial charge in [0.15, 0.2) is 11.6 Å². The minimum atomic E-state index is -1.10. The van der Waals surface area contributed by atoms with Crippen LogP contribution in [0.15, 0.2) is 67.0 Å². The Balaban J connectivity index is 1.70. The fraction of sp³-hybridized carbons (Fsp3) is 0. The molecule has 0 spiro atoms. The minimum absolute atomic E-state index is 0.0855. The first-order valence-corrected chi connectivity index (χ1v) is 8.39. The molecule has 0 saturated carbocycles. The highest BCUT2D eigenvalue weighted by atomic mass is 19.2. The van der Waals surface area contributed by atoms with Gasteiger partial charge in [-0.3, -0.25) is 10.1 Å². The van der Waals surface area contributed by atoms with Crippen LogP contribution in [0.3, 0.4) is 0 Å². The second-order valence-corrected chi connectivity index (χ2v) is 6.00. The summed E-state index contributed by atoms with van der Waals surface area (Å²) in [6.07, 6.45) is 1.07. The Morgan fingerprint density at radius 2 is 1.72 bits per heavy atom. The minimum Gasteiger partial charge on any atom is -0.434 e. The van der Waals surface area contributed by atoms with Gasteiger partial charge >= 0.3 is 11.6 Å². The first kappa shape index (κ1) is 18.2. The van der Waals surface area contributed by atoms with Crippen LogP contribution in [0, 0.1) is 21.7 Å². The predicted molar refractivity (Wildman–Crippen MR) is 102 cm³/mol. The van der Waals surface area contributed by atoms with Crippen molar-refractivity contribution in [3.05, 3.63) is 88.7 Å². The van der Waals surface area contributed by atoms with E-state index in [1.165, 1.54) is 6.07 Å². The maximum absolute atomic E-state index is 13.4. The molecule has 3 aromatic carbocycles. The molecule has 144 valence electrons. The number of ether oxygens (including phenoxy) is 1. The number of nitro groups is 1. The number of halogens is 2. The van der Waals surface area contributed by atoms with Crippen molar-refractivity contribution in [1.82, 2.24) is 9.97 Å². The number of fused-ring (bicyclic) bond motifs is 1. The molecule has 0 atom stereocenters. The van der Waals surface area contributed by atoms with Crippen molar-refractivity contribution in [2.45, 2.75) is 0 Å². The van der Waals surface area contributed by atoms with Crippen LogP contribution in [0.5, 0.6) is 11.6 Å². The second-order valence-electron chi connectivity index (χ2n) is 6.00. The number of anilines is 2. The van der Waals surface area contributed by atoms with Crippen LogP contribution < -0.4 is 10.1 Å². The van der Waals surface area contributed by atoms with Crippen molar-refractivity contribution in [1.29, 1.82) is 0 Å². The maximum Gasteiger partial charge on any atom is 0.373 e. The molecule has 1 heterocycles. The van der Waals surface area contributed by atoms with Gasteiger partial charge in [0.1, 0.15) is 12.1 Å². The van der Waals surface area contributed by atoms with E-state index in [2.05, 4.69) is 15.3 Å². The van der Waals surface area contributed by atoms with Crippen molar-refractivity contribution >= 4 is 28.0 Å². The van der Waals surface area contributed by atoms with Gasteiger partial charge in [-0.1, -0.05) is 30.3 Å². The number of benzene rings is 3. The zero-order valence-corrected chi connectivity index (χ0v) is 14.7. The molecule has 0 aliphatic heterocycles. The van der Waals surface area contributed by atoms with Crippen LogP contribution in [-0.2, 0) is 0 Å². The van der Waals surface area contributed by atoms with Gasteiger partial charge in [-0.15, -0.1) is 0 Å². The van der Waals surface area contributed by atoms with Gasteiger partial charge in [-0.2, -0.15) is 4.98 Å². The summed E-state index contributed by atoms with van der Waals surface area (Å²) in [7, 11) is 0. The lowest BCUT2D eigenvalue weighted by Gasteiger charge is -2.10. The summed E-state index contributed by atoms with van der Waals surface area (Å²) in [4.78, 5) is 18.6. The van der Waals surface area contributed by atoms with Crippen molar-refractivity contribution in [3.63, 3.8) is 0 Å². The van der Waals surface area contributed by atoms with E-state index in [1.807, 2.05) is 30.3 Å². The number of rotatable bonds is 5. The number of nitrogens with one attached hydrogen (secondary N) is 1. The lowest BCUT2D eigenvalue weighted by Crippen LogP contribution is -2.04. The fourth-order valence-corrected chi connectivity index (χ4v) is 2.75. The smallest absolute Gasteiger partial charge is 0.373 e. The highest BCUT2D eigenvalue weighted by Crippen LogP contribution is 2.36. The van der Waals surface area contributed by atoms with Gasteiger partial charge in [0.05, 0.1) is 4.92 Å². The molecule has 29 heavy (non-hydrogen) atoms. The molecule has 0 aliphatic rings. The fourth-order valence-electron chi connectivity index (χ4n) is 2.75. The Hall–Kier alpha value is -4.14. The molecule has 1 aromatic heterocycles. The molecule has 1 N–H and O–H groups in total. The number of hydrogen-bond acceptors (Lipinski definition) is 6. The van der Waals surface area contributed by atoms with E-state index in [-0.39, 0.29) is 17.4 Å². The summed E-state index contributed by atoms with van der Waals surface area (Å²) >= 11 is 0. The summed E-state index contributed by atoms with van der Waals surface area (Å²) in [6.45, 7) is 0. The molecule has 4 rings (SSSR count). The van der Waals surface area contributed by atoms with Crippen LogP contribution >= 0.6 is 0 Å². The summed E-state index contributed by atoms with van der Waals surface area (Å²) in [5, 5.41) is 16.1. The quantitative estimate of drug-likeness (QED) is 0.362. The highest BCUT2D eigenvalue weighted by molar-refractivity contribution is 5.83. The van der Waals surface area contributed by atoms with Gasteiger partial charge in [-0.05, 0) is 35.0 Å². The Labute approximate surface area is 162 Å². The molecular weight excluding hydrogens is 382 g/mol. The molecule has 4 aromatic rings. The van der Waals surface area contributed by atoms with Crippen LogP contribution in [0.4, 0.5) is 26.0 Å². The van der Waals surface area contributed by atoms with Crippen LogP contribution in [0.25, 0.3) is 10.8 Å². The van der Waals surface area contributed by atoms with E-state index >= 15 is 0 Å². The van der Waals surface area contributed by atoms with Gasteiger partial charge < -0.3 is 10.1 Å². The standard InChI is InChI=1S/C20H12F2N4O3/c21-16-8-6-14(10-17(16)22)25-19-18(26(27)28)20(24-11-23-19)29-15-7-5-12-3-1-2-4-13(12)9-15/h1-11H,(H,23,24,25). The normalized spacial score (nSPS) is 10.7. The molecule has 0 saturated heterocycles. The molecule has 0 amide bonds. The summed E-state index contributed by atoms with van der Waals surface area (Å²) < 4.78 is 32.2. The lowest BCUT2D eigenvalue weighted by atomic mass is 10.1. The Morgan fingerprint density at radius 3 is 2.48 bits per heavy atom. The Kier molecular flexibility index (Phi) is 4.70. The molecule has 0 aliphatic carbocycles. The third-order valence-corrected chi connectivity index (χ3v) is 4.09. The first-order chi connectivity index (χ1) is 14.0. The van der Waals surface area contributed by atoms with Crippen molar-refractivity contribution in [3.8, 4) is 11.6 Å². The predicted octanol–water partition coefficient (Wildman–Crippen LogP) is 5.35. The van der Waals surface area contributed by atoms with E-state index in [9.17, 15) is 18.9 Å². The SMILES string of the molecule is O=[N+]([O-])c1c(Nc2ccc(F)c(F)c2)ncnc1Oc1ccc2ccccc2c1. The topological polar surface area (TPSA) is 90.2 Å². The van der Waals surface area contributed by atoms with E-state index in [0.717, 1.165) is 29.2 Å². The van der Waals surface area contributed by atoms with Crippen LogP contribution in [0.2, 0.25) is 0 Å². The van der Waals surface area contributed by atoms with E-state index in [0.29, 0.717) is 5.75 Å². The van der Waals surface area contributed by atoms with E-state index < -0.39 is 22.2 Å². The molecule has 9 heteroatoms. The van der Waals surface area contributed by atoms with Crippen LogP contribution in [-0.4, -0.2) is 14.9 Å². The monoisotopic (exact) mass is 394 g/mol. The van der Waals surface area contributed by atoms with Gasteiger partial charge in [0.2, 0.25) is 5.82 Å². The van der Waals surface area contributed by atoms with Gasteiger partial charge in [0, 0.05) is 11.8 Å². The second kappa shape index (κ2) is 7.47. The average Bonchev–Trinajstić information content (AvgIpc) is 2.70. The molecule has 0 radical (unpaired) electrons. The van der Waals surface area contributed by atoms with Crippen molar-refractivity contribution in [2.24, 2.45) is 0 Å². The zero-order valence-electron chi connectivity index (χ0n) is 14.7. The van der Waals surface area contributed by atoms with Crippen LogP contribution in [0.1, 0.15) is 0 Å². The van der Waals surface area contributed by atoms with E-state index in [4.69, 9.17) is 4.74 Å². The van der Waals surface area contributed by atoms with Gasteiger partial charge in [-0.25, -0.2) is 13.8 Å². The first-order valence-electron chi connectivity index (χ1n) is 8.39. The number of aromatic nitrogens is 2. The largest absolute Gasteiger partial charge is 0.434 e. The molecular formula is C20H12F2N4O3. The number of nitrogens with zero attached hydrogens (tertiary/aromatic N) is 3. The summed E-state index contributed by atoms with van der Waals surface area (Å²) in [5.41, 5.74) is -0.451. The summed E-state index contributed by atoms with van der Waals surface area (Å²) in [5.74, 6) is -2.28. The number of hydrogen-bond donors (Lipinski definition) is 1. The summed E-state index contributed by atoms with van der Waals surface area (Å²) in [6, 6.07) is 15.8. The molecule has 0 bridgehead atoms. The average molecular weight is 394 g/mol. The molecule has 7 nitrogen and oxygen atoms in total. The van der Waals surface area contributed by atoms with Crippen molar-refractivity contribution < 1.29 is 18.4 Å². The molecule has 0 fully saturated rings. The van der Waals surface area contributed by atoms with E-state index in [1.54, 1.807) is 12.1 Å².